The number of hydrogen-bond acceptors (Lipinski definition) is 2. The number of nitrogens with one attached hydrogen (secondary N) is 1. The summed E-state index contributed by atoms with van der Waals surface area (Å²) in [5.74, 6) is 0.0186. The summed E-state index contributed by atoms with van der Waals surface area (Å²) in [4.78, 5) is 11.7. The average Bonchev–Trinajstić information content (AvgIpc) is 2.64. The third-order valence-corrected chi connectivity index (χ3v) is 2.97. The molecule has 1 amide bonds. The lowest BCUT2D eigenvalue weighted by molar-refractivity contribution is 0.0953. The highest BCUT2D eigenvalue weighted by atomic mass is 35.5. The topological polar surface area (TPSA) is 55.1 Å². The number of halogens is 1. The molecule has 1 aromatic carbocycles. The molecule has 1 unspecified atom stereocenters. The zero-order valence-electron chi connectivity index (χ0n) is 10.0. The highest BCUT2D eigenvalue weighted by Gasteiger charge is 2.19. The Labute approximate surface area is 108 Å². The number of carbonyl (C=O) groups excluding carboxylic acids is 1. The minimum absolute atomic E-state index is 0. The van der Waals surface area contributed by atoms with Crippen molar-refractivity contribution >= 4 is 18.3 Å². The fraction of sp³-hybridized carbons (Fsp3) is 0.462. The maximum atomic E-state index is 11.7. The van der Waals surface area contributed by atoms with Crippen LogP contribution in [0.2, 0.25) is 0 Å². The van der Waals surface area contributed by atoms with Crippen molar-refractivity contribution in [3.05, 3.63) is 34.9 Å². The molecule has 4 heteroatoms. The lowest BCUT2D eigenvalue weighted by Crippen LogP contribution is -2.24. The van der Waals surface area contributed by atoms with Crippen molar-refractivity contribution in [3.63, 3.8) is 0 Å². The predicted molar refractivity (Wildman–Crippen MR) is 71.7 cm³/mol. The van der Waals surface area contributed by atoms with Crippen LogP contribution in [0.1, 0.15) is 34.8 Å². The molecule has 0 bridgehead atoms. The molecule has 0 heterocycles. The number of hydrogen-bond donors (Lipinski definition) is 2. The van der Waals surface area contributed by atoms with Crippen molar-refractivity contribution in [1.29, 1.82) is 0 Å². The van der Waals surface area contributed by atoms with Crippen molar-refractivity contribution in [2.75, 3.05) is 6.54 Å². The first kappa shape index (κ1) is 14.0. The predicted octanol–water partition coefficient (Wildman–Crippen LogP) is 1.67. The molecule has 1 aliphatic rings. The molecular weight excluding hydrogens is 236 g/mol. The van der Waals surface area contributed by atoms with Crippen LogP contribution in [-0.4, -0.2) is 18.5 Å². The first-order chi connectivity index (χ1) is 7.70. The van der Waals surface area contributed by atoms with E-state index in [2.05, 4.69) is 5.32 Å². The second kappa shape index (κ2) is 6.03. The Bertz CT molecular complexity index is 406. The molecule has 1 aromatic rings. The number of fused-ring (bicyclic) bond motifs is 1. The highest BCUT2D eigenvalue weighted by Crippen LogP contribution is 2.22. The number of rotatable bonds is 3. The van der Waals surface area contributed by atoms with Gasteiger partial charge in [0.15, 0.2) is 0 Å². The van der Waals surface area contributed by atoms with Gasteiger partial charge in [-0.15, -0.1) is 12.4 Å². The van der Waals surface area contributed by atoms with Crippen LogP contribution in [-0.2, 0) is 12.8 Å². The Balaban J connectivity index is 0.00000144. The zero-order chi connectivity index (χ0) is 11.5. The number of carbonyl (C=O) groups is 1. The fourth-order valence-corrected chi connectivity index (χ4v) is 2.13. The van der Waals surface area contributed by atoms with Crippen molar-refractivity contribution in [1.82, 2.24) is 5.32 Å². The average molecular weight is 255 g/mol. The van der Waals surface area contributed by atoms with E-state index in [0.717, 1.165) is 31.4 Å². The molecule has 3 nitrogen and oxygen atoms in total. The lowest BCUT2D eigenvalue weighted by atomic mass is 10.1. The van der Waals surface area contributed by atoms with Crippen LogP contribution >= 0.6 is 12.4 Å². The summed E-state index contributed by atoms with van der Waals surface area (Å²) >= 11 is 0. The van der Waals surface area contributed by atoms with Crippen molar-refractivity contribution in [2.45, 2.75) is 32.2 Å². The van der Waals surface area contributed by atoms with Crippen LogP contribution in [0.5, 0.6) is 0 Å². The van der Waals surface area contributed by atoms with Crippen molar-refractivity contribution < 1.29 is 4.79 Å². The molecule has 0 spiro atoms. The molecule has 17 heavy (non-hydrogen) atoms. The Morgan fingerprint density at radius 2 is 2.12 bits per heavy atom. The standard InChI is InChI=1S/C13H18N2O.ClH/c1-2-5-15-13(16)10-4-3-9-7-12(14)8-11(9)6-10;/h3-4,6,12H,2,5,7-8,14H2,1H3,(H,15,16);1H. The molecule has 0 radical (unpaired) electrons. The molecule has 0 aliphatic heterocycles. The van der Waals surface area contributed by atoms with Gasteiger partial charge in [-0.3, -0.25) is 4.79 Å². The van der Waals surface area contributed by atoms with E-state index >= 15 is 0 Å². The van der Waals surface area contributed by atoms with E-state index in [0.29, 0.717) is 0 Å². The molecule has 2 rings (SSSR count). The maximum absolute atomic E-state index is 11.7. The first-order valence-electron chi connectivity index (χ1n) is 5.86. The van der Waals surface area contributed by atoms with Gasteiger partial charge in [-0.25, -0.2) is 0 Å². The third-order valence-electron chi connectivity index (χ3n) is 2.97. The van der Waals surface area contributed by atoms with E-state index in [9.17, 15) is 4.79 Å². The van der Waals surface area contributed by atoms with Crippen LogP contribution < -0.4 is 11.1 Å². The molecule has 1 aliphatic carbocycles. The molecular formula is C13H19ClN2O. The molecule has 0 saturated carbocycles. The van der Waals surface area contributed by atoms with E-state index in [1.165, 1.54) is 11.1 Å². The van der Waals surface area contributed by atoms with Gasteiger partial charge in [-0.05, 0) is 42.5 Å². The Kier molecular flexibility index (Phi) is 4.97. The Hall–Kier alpha value is -1.06. The summed E-state index contributed by atoms with van der Waals surface area (Å²) < 4.78 is 0. The summed E-state index contributed by atoms with van der Waals surface area (Å²) in [6.07, 6.45) is 2.79. The normalized spacial score (nSPS) is 17.2. The summed E-state index contributed by atoms with van der Waals surface area (Å²) in [6, 6.07) is 6.13. The number of benzene rings is 1. The second-order valence-corrected chi connectivity index (χ2v) is 4.41. The van der Waals surface area contributed by atoms with Gasteiger partial charge in [-0.1, -0.05) is 13.0 Å². The Morgan fingerprint density at radius 1 is 1.41 bits per heavy atom. The largest absolute Gasteiger partial charge is 0.352 e. The minimum atomic E-state index is 0. The van der Waals surface area contributed by atoms with Gasteiger partial charge in [-0.2, -0.15) is 0 Å². The molecule has 0 saturated heterocycles. The van der Waals surface area contributed by atoms with Gasteiger partial charge in [0.25, 0.3) is 5.91 Å². The zero-order valence-corrected chi connectivity index (χ0v) is 10.8. The van der Waals surface area contributed by atoms with E-state index in [4.69, 9.17) is 5.73 Å². The lowest BCUT2D eigenvalue weighted by Gasteiger charge is -2.05. The highest BCUT2D eigenvalue weighted by molar-refractivity contribution is 5.94. The summed E-state index contributed by atoms with van der Waals surface area (Å²) in [5, 5.41) is 2.88. The third kappa shape index (κ3) is 3.20. The van der Waals surface area contributed by atoms with E-state index in [-0.39, 0.29) is 24.4 Å². The fourth-order valence-electron chi connectivity index (χ4n) is 2.13. The first-order valence-corrected chi connectivity index (χ1v) is 5.86. The van der Waals surface area contributed by atoms with Crippen LogP contribution in [0.3, 0.4) is 0 Å². The number of nitrogens with two attached hydrogens (primary N) is 1. The molecule has 0 fully saturated rings. The van der Waals surface area contributed by atoms with Gasteiger partial charge >= 0.3 is 0 Å². The van der Waals surface area contributed by atoms with E-state index in [1.54, 1.807) is 0 Å². The van der Waals surface area contributed by atoms with Crippen LogP contribution in [0, 0.1) is 0 Å². The SMILES string of the molecule is CCCNC(=O)c1ccc2c(c1)CC(N)C2.Cl. The minimum Gasteiger partial charge on any atom is -0.352 e. The summed E-state index contributed by atoms with van der Waals surface area (Å²) in [5.41, 5.74) is 9.17. The van der Waals surface area contributed by atoms with Crippen LogP contribution in [0.15, 0.2) is 18.2 Å². The van der Waals surface area contributed by atoms with Gasteiger partial charge in [0.05, 0.1) is 0 Å². The van der Waals surface area contributed by atoms with Gasteiger partial charge < -0.3 is 11.1 Å². The monoisotopic (exact) mass is 254 g/mol. The van der Waals surface area contributed by atoms with Crippen LogP contribution in [0.4, 0.5) is 0 Å². The molecule has 0 aromatic heterocycles. The van der Waals surface area contributed by atoms with Gasteiger partial charge in [0.2, 0.25) is 0 Å². The van der Waals surface area contributed by atoms with Crippen molar-refractivity contribution in [2.24, 2.45) is 5.73 Å². The number of amides is 1. The smallest absolute Gasteiger partial charge is 0.251 e. The van der Waals surface area contributed by atoms with E-state index in [1.807, 2.05) is 25.1 Å². The molecule has 1 atom stereocenters. The second-order valence-electron chi connectivity index (χ2n) is 4.41. The van der Waals surface area contributed by atoms with Crippen LogP contribution in [0.25, 0.3) is 0 Å². The molecule has 94 valence electrons. The quantitative estimate of drug-likeness (QED) is 0.862. The van der Waals surface area contributed by atoms with Gasteiger partial charge in [0.1, 0.15) is 0 Å². The summed E-state index contributed by atoms with van der Waals surface area (Å²) in [7, 11) is 0. The van der Waals surface area contributed by atoms with E-state index < -0.39 is 0 Å². The molecule has 3 N–H and O–H groups in total. The Morgan fingerprint density at radius 3 is 2.82 bits per heavy atom. The summed E-state index contributed by atoms with van der Waals surface area (Å²) in [6.45, 7) is 2.78. The van der Waals surface area contributed by atoms with Crippen molar-refractivity contribution in [3.8, 4) is 0 Å². The van der Waals surface area contributed by atoms with Gasteiger partial charge in [0, 0.05) is 18.2 Å². The maximum Gasteiger partial charge on any atom is 0.251 e.